The van der Waals surface area contributed by atoms with Gasteiger partial charge >= 0.3 is 0 Å². The standard InChI is InChI=1S/C23H33N5O2/c1-4-17(5-2)21-13-20(30-27-21)14-25-23(24-6-3)26-15-22(29)28-12-11-18-9-7-8-10-19(18)16-28/h7-10,13,17H,4-6,11-12,14-16H2,1-3H3,(H2,24,25,26). The zero-order chi connectivity index (χ0) is 21.3. The lowest BCUT2D eigenvalue weighted by Crippen LogP contribution is -2.40. The second kappa shape index (κ2) is 10.8. The van der Waals surface area contributed by atoms with Crippen LogP contribution in [0.25, 0.3) is 0 Å². The third-order valence-corrected chi connectivity index (χ3v) is 5.61. The maximum atomic E-state index is 12.7. The first-order chi connectivity index (χ1) is 14.6. The van der Waals surface area contributed by atoms with Crippen LogP contribution in [0, 0.1) is 0 Å². The first-order valence-corrected chi connectivity index (χ1v) is 11.0. The molecule has 7 nitrogen and oxygen atoms in total. The molecule has 0 spiro atoms. The molecule has 1 aliphatic heterocycles. The van der Waals surface area contributed by atoms with Crippen molar-refractivity contribution in [2.75, 3.05) is 19.6 Å². The molecule has 2 N–H and O–H groups in total. The van der Waals surface area contributed by atoms with Crippen LogP contribution in [0.15, 0.2) is 39.8 Å². The molecule has 1 aliphatic rings. The van der Waals surface area contributed by atoms with Crippen molar-refractivity contribution in [2.24, 2.45) is 4.99 Å². The van der Waals surface area contributed by atoms with Crippen LogP contribution in [-0.2, 0) is 24.3 Å². The normalized spacial score (nSPS) is 14.0. The van der Waals surface area contributed by atoms with E-state index in [0.717, 1.165) is 37.3 Å². The third kappa shape index (κ3) is 5.62. The summed E-state index contributed by atoms with van der Waals surface area (Å²) in [6, 6.07) is 10.3. The van der Waals surface area contributed by atoms with Crippen molar-refractivity contribution in [3.05, 3.63) is 52.9 Å². The molecule has 0 atom stereocenters. The summed E-state index contributed by atoms with van der Waals surface area (Å²) in [5.41, 5.74) is 3.56. The molecule has 30 heavy (non-hydrogen) atoms. The second-order valence-corrected chi connectivity index (χ2v) is 7.61. The molecule has 0 aliphatic carbocycles. The number of rotatable bonds is 8. The smallest absolute Gasteiger partial charge is 0.244 e. The number of carbonyl (C=O) groups is 1. The SMILES string of the molecule is CCNC(=NCC(=O)N1CCc2ccccc2C1)NCc1cc(C(CC)CC)no1. The van der Waals surface area contributed by atoms with E-state index in [2.05, 4.69) is 52.8 Å². The predicted octanol–water partition coefficient (Wildman–Crippen LogP) is 3.22. The molecule has 0 fully saturated rings. The van der Waals surface area contributed by atoms with Crippen molar-refractivity contribution in [3.63, 3.8) is 0 Å². The van der Waals surface area contributed by atoms with Crippen LogP contribution in [0.5, 0.6) is 0 Å². The number of amides is 1. The summed E-state index contributed by atoms with van der Waals surface area (Å²) >= 11 is 0. The second-order valence-electron chi connectivity index (χ2n) is 7.61. The molecule has 162 valence electrons. The van der Waals surface area contributed by atoms with Gasteiger partial charge in [-0.1, -0.05) is 43.3 Å². The van der Waals surface area contributed by atoms with Crippen molar-refractivity contribution < 1.29 is 9.32 Å². The fourth-order valence-corrected chi connectivity index (χ4v) is 3.78. The number of benzene rings is 1. The Hall–Kier alpha value is -2.83. The Balaban J connectivity index is 1.55. The summed E-state index contributed by atoms with van der Waals surface area (Å²) in [6.07, 6.45) is 2.99. The molecule has 0 saturated heterocycles. The zero-order valence-electron chi connectivity index (χ0n) is 18.3. The number of aliphatic imine (C=N–C) groups is 1. The van der Waals surface area contributed by atoms with Crippen molar-refractivity contribution in [1.82, 2.24) is 20.7 Å². The lowest BCUT2D eigenvalue weighted by atomic mass is 9.99. The molecule has 0 unspecified atom stereocenters. The molecule has 2 aromatic rings. The minimum atomic E-state index is 0.0393. The molecule has 3 rings (SSSR count). The summed E-state index contributed by atoms with van der Waals surface area (Å²) in [7, 11) is 0. The first kappa shape index (κ1) is 21.9. The molecule has 2 heterocycles. The third-order valence-electron chi connectivity index (χ3n) is 5.61. The number of nitrogens with zero attached hydrogens (tertiary/aromatic N) is 3. The van der Waals surface area contributed by atoms with E-state index in [0.29, 0.717) is 31.5 Å². The maximum Gasteiger partial charge on any atom is 0.244 e. The van der Waals surface area contributed by atoms with Gasteiger partial charge in [0, 0.05) is 31.6 Å². The van der Waals surface area contributed by atoms with Crippen LogP contribution >= 0.6 is 0 Å². The summed E-state index contributed by atoms with van der Waals surface area (Å²) in [4.78, 5) is 19.0. The Bertz CT molecular complexity index is 857. The molecule has 0 bridgehead atoms. The van der Waals surface area contributed by atoms with Gasteiger partial charge in [-0.15, -0.1) is 0 Å². The van der Waals surface area contributed by atoms with E-state index in [9.17, 15) is 4.79 Å². The van der Waals surface area contributed by atoms with Crippen molar-refractivity contribution in [2.45, 2.75) is 59.0 Å². The molecule has 1 aromatic carbocycles. The molecular weight excluding hydrogens is 378 g/mol. The number of fused-ring (bicyclic) bond motifs is 1. The van der Waals surface area contributed by atoms with Crippen LogP contribution in [0.3, 0.4) is 0 Å². The molecular formula is C23H33N5O2. The van der Waals surface area contributed by atoms with Gasteiger partial charge in [-0.3, -0.25) is 4.79 Å². The van der Waals surface area contributed by atoms with Gasteiger partial charge in [-0.2, -0.15) is 0 Å². The first-order valence-electron chi connectivity index (χ1n) is 11.0. The average molecular weight is 412 g/mol. The van der Waals surface area contributed by atoms with Gasteiger partial charge in [0.25, 0.3) is 0 Å². The lowest BCUT2D eigenvalue weighted by molar-refractivity contribution is -0.130. The number of carbonyl (C=O) groups excluding carboxylic acids is 1. The van der Waals surface area contributed by atoms with E-state index in [-0.39, 0.29) is 12.5 Å². The van der Waals surface area contributed by atoms with E-state index in [1.807, 2.05) is 24.0 Å². The largest absolute Gasteiger partial charge is 0.359 e. The number of guanidine groups is 1. The Morgan fingerprint density at radius 2 is 1.97 bits per heavy atom. The number of nitrogens with one attached hydrogen (secondary N) is 2. The van der Waals surface area contributed by atoms with Crippen molar-refractivity contribution >= 4 is 11.9 Å². The van der Waals surface area contributed by atoms with E-state index >= 15 is 0 Å². The van der Waals surface area contributed by atoms with Crippen molar-refractivity contribution in [1.29, 1.82) is 0 Å². The van der Waals surface area contributed by atoms with Gasteiger partial charge in [0.2, 0.25) is 5.91 Å². The minimum Gasteiger partial charge on any atom is -0.359 e. The van der Waals surface area contributed by atoms with Crippen LogP contribution in [-0.4, -0.2) is 41.6 Å². The van der Waals surface area contributed by atoms with Crippen LogP contribution in [0.2, 0.25) is 0 Å². The monoisotopic (exact) mass is 411 g/mol. The van der Waals surface area contributed by atoms with E-state index in [4.69, 9.17) is 4.52 Å². The Kier molecular flexibility index (Phi) is 7.88. The quantitative estimate of drug-likeness (QED) is 0.515. The van der Waals surface area contributed by atoms with Crippen LogP contribution in [0.4, 0.5) is 0 Å². The Morgan fingerprint density at radius 3 is 2.70 bits per heavy atom. The van der Waals surface area contributed by atoms with E-state index < -0.39 is 0 Å². The van der Waals surface area contributed by atoms with E-state index in [1.54, 1.807) is 0 Å². The highest BCUT2D eigenvalue weighted by Gasteiger charge is 2.20. The summed E-state index contributed by atoms with van der Waals surface area (Å²) in [5.74, 6) is 1.83. The summed E-state index contributed by atoms with van der Waals surface area (Å²) in [6.45, 7) is 9.03. The minimum absolute atomic E-state index is 0.0393. The topological polar surface area (TPSA) is 82.8 Å². The highest BCUT2D eigenvalue weighted by molar-refractivity contribution is 5.85. The predicted molar refractivity (Wildman–Crippen MR) is 118 cm³/mol. The summed E-state index contributed by atoms with van der Waals surface area (Å²) < 4.78 is 5.46. The van der Waals surface area contributed by atoms with Crippen molar-refractivity contribution in [3.8, 4) is 0 Å². The lowest BCUT2D eigenvalue weighted by Gasteiger charge is -2.28. The molecule has 0 saturated carbocycles. The maximum absolute atomic E-state index is 12.7. The van der Waals surface area contributed by atoms with Gasteiger partial charge in [0.1, 0.15) is 6.54 Å². The number of hydrogen-bond donors (Lipinski definition) is 2. The zero-order valence-corrected chi connectivity index (χ0v) is 18.3. The van der Waals surface area contributed by atoms with Gasteiger partial charge in [-0.25, -0.2) is 4.99 Å². The fourth-order valence-electron chi connectivity index (χ4n) is 3.78. The average Bonchev–Trinajstić information content (AvgIpc) is 3.24. The van der Waals surface area contributed by atoms with E-state index in [1.165, 1.54) is 11.1 Å². The highest BCUT2D eigenvalue weighted by atomic mass is 16.5. The van der Waals surface area contributed by atoms with Gasteiger partial charge < -0.3 is 20.1 Å². The van der Waals surface area contributed by atoms with Crippen LogP contribution < -0.4 is 10.6 Å². The highest BCUT2D eigenvalue weighted by Crippen LogP contribution is 2.22. The van der Waals surface area contributed by atoms with Crippen LogP contribution in [0.1, 0.15) is 62.1 Å². The summed E-state index contributed by atoms with van der Waals surface area (Å²) in [5, 5.41) is 10.6. The van der Waals surface area contributed by atoms with Gasteiger partial charge in [0.05, 0.1) is 12.2 Å². The molecule has 7 heteroatoms. The van der Waals surface area contributed by atoms with Gasteiger partial charge in [-0.05, 0) is 37.3 Å². The number of hydrogen-bond acceptors (Lipinski definition) is 4. The van der Waals surface area contributed by atoms with Gasteiger partial charge in [0.15, 0.2) is 11.7 Å². The molecule has 0 radical (unpaired) electrons. The molecule has 1 amide bonds. The Morgan fingerprint density at radius 1 is 1.20 bits per heavy atom. The Labute approximate surface area is 178 Å². The fraction of sp³-hybridized carbons (Fsp3) is 0.522. The molecule has 1 aromatic heterocycles. The number of aromatic nitrogens is 1.